The first kappa shape index (κ1) is 15.0. The Morgan fingerprint density at radius 2 is 2.11 bits per heavy atom. The number of rotatable bonds is 5. The number of ether oxygens (including phenoxy) is 2. The molecule has 19 heavy (non-hydrogen) atoms. The molecule has 2 aliphatic carbocycles. The van der Waals surface area contributed by atoms with Gasteiger partial charge in [0.05, 0.1) is 6.61 Å². The first-order valence-corrected chi connectivity index (χ1v) is 7.47. The fourth-order valence-corrected chi connectivity index (χ4v) is 4.06. The van der Waals surface area contributed by atoms with E-state index in [1.54, 1.807) is 7.11 Å². The number of allylic oxidation sites excluding steroid dienone is 1. The maximum absolute atomic E-state index is 9.69. The van der Waals surface area contributed by atoms with Crippen molar-refractivity contribution in [3.8, 4) is 0 Å². The van der Waals surface area contributed by atoms with E-state index in [-0.39, 0.29) is 17.9 Å². The van der Waals surface area contributed by atoms with E-state index in [2.05, 4.69) is 26.0 Å². The van der Waals surface area contributed by atoms with E-state index in [4.69, 9.17) is 9.47 Å². The lowest BCUT2D eigenvalue weighted by molar-refractivity contribution is -0.107. The highest BCUT2D eigenvalue weighted by Gasteiger charge is 2.47. The Kier molecular flexibility index (Phi) is 5.04. The number of aliphatic hydroxyl groups is 1. The largest absolute Gasteiger partial charge is 0.396 e. The summed E-state index contributed by atoms with van der Waals surface area (Å²) in [5, 5.41) is 9.69. The predicted octanol–water partition coefficient (Wildman–Crippen LogP) is 2.84. The number of methoxy groups -OCH3 is 1. The van der Waals surface area contributed by atoms with Crippen LogP contribution in [0.5, 0.6) is 0 Å². The summed E-state index contributed by atoms with van der Waals surface area (Å²) in [6, 6.07) is 0. The second kappa shape index (κ2) is 6.38. The molecule has 0 heterocycles. The molecule has 0 aromatic carbocycles. The maximum atomic E-state index is 9.69. The molecule has 0 unspecified atom stereocenters. The number of fused-ring (bicyclic) bond motifs is 1. The van der Waals surface area contributed by atoms with E-state index in [1.165, 1.54) is 19.3 Å². The lowest BCUT2D eigenvalue weighted by Crippen LogP contribution is -2.47. The van der Waals surface area contributed by atoms with Crippen LogP contribution in [0.2, 0.25) is 0 Å². The van der Waals surface area contributed by atoms with Gasteiger partial charge in [0.25, 0.3) is 0 Å². The van der Waals surface area contributed by atoms with Crippen LogP contribution >= 0.6 is 0 Å². The average molecular weight is 268 g/mol. The molecular weight excluding hydrogens is 240 g/mol. The number of aliphatic hydroxyl groups excluding tert-OH is 1. The van der Waals surface area contributed by atoms with Crippen LogP contribution in [0.4, 0.5) is 0 Å². The quantitative estimate of drug-likeness (QED) is 0.473. The fraction of sp³-hybridized carbons (Fsp3) is 0.875. The van der Waals surface area contributed by atoms with Crippen molar-refractivity contribution in [1.29, 1.82) is 0 Å². The molecule has 0 radical (unpaired) electrons. The van der Waals surface area contributed by atoms with Crippen molar-refractivity contribution in [3.63, 3.8) is 0 Å². The van der Waals surface area contributed by atoms with Crippen molar-refractivity contribution in [2.45, 2.75) is 33.1 Å². The molecule has 0 spiro atoms. The van der Waals surface area contributed by atoms with Gasteiger partial charge in [0.1, 0.15) is 6.79 Å². The average Bonchev–Trinajstić information content (AvgIpc) is 2.39. The predicted molar refractivity (Wildman–Crippen MR) is 75.6 cm³/mol. The van der Waals surface area contributed by atoms with E-state index < -0.39 is 0 Å². The van der Waals surface area contributed by atoms with Gasteiger partial charge < -0.3 is 14.6 Å². The maximum Gasteiger partial charge on any atom is 0.146 e. The molecule has 0 aromatic heterocycles. The minimum Gasteiger partial charge on any atom is -0.396 e. The van der Waals surface area contributed by atoms with Crippen molar-refractivity contribution in [1.82, 2.24) is 0 Å². The summed E-state index contributed by atoms with van der Waals surface area (Å²) in [7, 11) is 1.65. The molecule has 1 N–H and O–H groups in total. The molecule has 0 bridgehead atoms. The zero-order valence-corrected chi connectivity index (χ0v) is 12.5. The van der Waals surface area contributed by atoms with E-state index in [9.17, 15) is 5.11 Å². The van der Waals surface area contributed by atoms with E-state index >= 15 is 0 Å². The lowest BCUT2D eigenvalue weighted by atomic mass is 9.55. The molecule has 3 heteroatoms. The normalized spacial score (nSPS) is 42.1. The summed E-state index contributed by atoms with van der Waals surface area (Å²) >= 11 is 0. The van der Waals surface area contributed by atoms with Crippen LogP contribution in [-0.4, -0.2) is 32.2 Å². The second-order valence-corrected chi connectivity index (χ2v) is 6.62. The van der Waals surface area contributed by atoms with Crippen molar-refractivity contribution in [2.75, 3.05) is 27.1 Å². The van der Waals surface area contributed by atoms with Crippen LogP contribution in [0.1, 0.15) is 33.1 Å². The third kappa shape index (κ3) is 3.04. The summed E-state index contributed by atoms with van der Waals surface area (Å²) in [6.45, 7) is 5.85. The highest BCUT2D eigenvalue weighted by atomic mass is 16.7. The van der Waals surface area contributed by atoms with Crippen LogP contribution in [0.3, 0.4) is 0 Å². The van der Waals surface area contributed by atoms with E-state index in [0.717, 1.165) is 5.92 Å². The SMILES string of the molecule is COCOC[C@@]1(C)[C@@H](CO)C=C[C@H]2C[C@@H](C)CC[C@@H]21. The lowest BCUT2D eigenvalue weighted by Gasteiger charge is -2.50. The molecule has 2 rings (SSSR count). The summed E-state index contributed by atoms with van der Waals surface area (Å²) in [5.41, 5.74) is 0.0346. The Morgan fingerprint density at radius 3 is 2.79 bits per heavy atom. The molecule has 0 aromatic rings. The summed E-state index contributed by atoms with van der Waals surface area (Å²) in [6.07, 6.45) is 8.39. The smallest absolute Gasteiger partial charge is 0.146 e. The van der Waals surface area contributed by atoms with Gasteiger partial charge >= 0.3 is 0 Å². The van der Waals surface area contributed by atoms with Crippen LogP contribution in [-0.2, 0) is 9.47 Å². The van der Waals surface area contributed by atoms with Gasteiger partial charge in [-0.05, 0) is 30.6 Å². The van der Waals surface area contributed by atoms with Gasteiger partial charge in [-0.25, -0.2) is 0 Å². The first-order chi connectivity index (χ1) is 9.11. The zero-order valence-electron chi connectivity index (χ0n) is 12.5. The molecular formula is C16H28O3. The van der Waals surface area contributed by atoms with Gasteiger partial charge in [0.2, 0.25) is 0 Å². The Morgan fingerprint density at radius 1 is 1.32 bits per heavy atom. The Balaban J connectivity index is 2.14. The topological polar surface area (TPSA) is 38.7 Å². The summed E-state index contributed by atoms with van der Waals surface area (Å²) < 4.78 is 10.7. The van der Waals surface area contributed by atoms with Gasteiger partial charge in [-0.3, -0.25) is 0 Å². The Bertz CT molecular complexity index is 315. The van der Waals surface area contributed by atoms with Gasteiger partial charge in [0, 0.05) is 25.0 Å². The molecule has 1 fully saturated rings. The Hall–Kier alpha value is -0.380. The van der Waals surface area contributed by atoms with Gasteiger partial charge in [0.15, 0.2) is 0 Å². The highest BCUT2D eigenvalue weighted by molar-refractivity contribution is 5.11. The molecule has 5 atom stereocenters. The number of hydrogen-bond acceptors (Lipinski definition) is 3. The highest BCUT2D eigenvalue weighted by Crippen LogP contribution is 2.51. The summed E-state index contributed by atoms with van der Waals surface area (Å²) in [4.78, 5) is 0. The molecule has 3 nitrogen and oxygen atoms in total. The first-order valence-electron chi connectivity index (χ1n) is 7.47. The fourth-order valence-electron chi connectivity index (χ4n) is 4.06. The third-order valence-corrected chi connectivity index (χ3v) is 5.26. The molecule has 0 aliphatic heterocycles. The standard InChI is InChI=1S/C16H28O3/c1-12-4-7-15-13(8-12)5-6-14(9-17)16(15,2)10-19-11-18-3/h5-6,12-15,17H,4,7-11H2,1-3H3/t12-,13-,14+,15-,16-/m0/s1. The van der Waals surface area contributed by atoms with Crippen molar-refractivity contribution >= 4 is 0 Å². The van der Waals surface area contributed by atoms with Gasteiger partial charge in [-0.2, -0.15) is 0 Å². The molecule has 2 aliphatic rings. The minimum absolute atomic E-state index is 0.0346. The Labute approximate surface area is 117 Å². The third-order valence-electron chi connectivity index (χ3n) is 5.26. The van der Waals surface area contributed by atoms with Crippen molar-refractivity contribution < 1.29 is 14.6 Å². The molecule has 110 valence electrons. The van der Waals surface area contributed by atoms with Gasteiger partial charge in [-0.15, -0.1) is 0 Å². The van der Waals surface area contributed by atoms with Crippen LogP contribution in [0.25, 0.3) is 0 Å². The van der Waals surface area contributed by atoms with Crippen LogP contribution in [0.15, 0.2) is 12.2 Å². The second-order valence-electron chi connectivity index (χ2n) is 6.62. The minimum atomic E-state index is 0.0346. The number of hydrogen-bond donors (Lipinski definition) is 1. The summed E-state index contributed by atoms with van der Waals surface area (Å²) in [5.74, 6) is 2.31. The van der Waals surface area contributed by atoms with Gasteiger partial charge in [-0.1, -0.05) is 32.4 Å². The van der Waals surface area contributed by atoms with Crippen LogP contribution < -0.4 is 0 Å². The molecule has 0 saturated heterocycles. The zero-order chi connectivity index (χ0) is 13.9. The van der Waals surface area contributed by atoms with Crippen molar-refractivity contribution in [3.05, 3.63) is 12.2 Å². The monoisotopic (exact) mass is 268 g/mol. The molecule has 1 saturated carbocycles. The van der Waals surface area contributed by atoms with Crippen molar-refractivity contribution in [2.24, 2.45) is 29.1 Å². The van der Waals surface area contributed by atoms with Crippen LogP contribution in [0, 0.1) is 29.1 Å². The van der Waals surface area contributed by atoms with E-state index in [1.807, 2.05) is 0 Å². The molecule has 0 amide bonds. The van der Waals surface area contributed by atoms with E-state index in [0.29, 0.717) is 25.2 Å².